The van der Waals surface area contributed by atoms with Crippen molar-refractivity contribution in [3.05, 3.63) is 0 Å². The number of rotatable bonds is 3. The molecule has 12 heavy (non-hydrogen) atoms. The fourth-order valence-corrected chi connectivity index (χ4v) is 1.49. The van der Waals surface area contributed by atoms with E-state index in [0.29, 0.717) is 18.1 Å². The second-order valence-electron chi connectivity index (χ2n) is 2.90. The Morgan fingerprint density at radius 2 is 1.92 bits per heavy atom. The zero-order chi connectivity index (χ0) is 8.10. The molecule has 1 saturated heterocycles. The van der Waals surface area contributed by atoms with Gasteiger partial charge in [0.1, 0.15) is 0 Å². The van der Waals surface area contributed by atoms with Gasteiger partial charge in [-0.15, -0.1) is 0 Å². The predicted molar refractivity (Wildman–Crippen MR) is 47.3 cm³/mol. The fourth-order valence-electron chi connectivity index (χ4n) is 1.35. The fraction of sp³-hybridized carbons (Fsp3) is 0.875. The van der Waals surface area contributed by atoms with Gasteiger partial charge in [-0.25, -0.2) is 0 Å². The van der Waals surface area contributed by atoms with E-state index in [9.17, 15) is 4.79 Å². The number of carbonyl (C=O) groups excluding carboxylic acids is 1. The third kappa shape index (κ3) is 3.93. The molecule has 0 aromatic carbocycles. The van der Waals surface area contributed by atoms with E-state index in [2.05, 4.69) is 0 Å². The number of amides is 1. The molecule has 0 spiro atoms. The Hall–Kier alpha value is 0.482. The van der Waals surface area contributed by atoms with Crippen molar-refractivity contribution in [2.75, 3.05) is 18.8 Å². The van der Waals surface area contributed by atoms with E-state index in [4.69, 9.17) is 12.6 Å². The maximum Gasteiger partial charge on any atom is 0.222 e. The van der Waals surface area contributed by atoms with Crippen LogP contribution >= 0.6 is 0 Å². The van der Waals surface area contributed by atoms with Crippen molar-refractivity contribution in [3.8, 4) is 0 Å². The molecule has 1 heterocycles. The number of hydrogen-bond donors (Lipinski definition) is 0. The van der Waals surface area contributed by atoms with E-state index >= 15 is 0 Å². The third-order valence-electron chi connectivity index (χ3n) is 1.99. The van der Waals surface area contributed by atoms with E-state index in [0.717, 1.165) is 19.5 Å². The van der Waals surface area contributed by atoms with Crippen LogP contribution in [-0.2, 0) is 37.8 Å². The van der Waals surface area contributed by atoms with E-state index in [1.165, 1.54) is 12.8 Å². The van der Waals surface area contributed by atoms with Gasteiger partial charge in [0.15, 0.2) is 0 Å². The van der Waals surface area contributed by atoms with E-state index in [1.807, 2.05) is 4.90 Å². The summed E-state index contributed by atoms with van der Waals surface area (Å²) in [4.78, 5) is 13.2. The molecule has 0 saturated carbocycles. The summed E-state index contributed by atoms with van der Waals surface area (Å²) >= 11 is 4.77. The van der Waals surface area contributed by atoms with Gasteiger partial charge < -0.3 is 17.5 Å². The summed E-state index contributed by atoms with van der Waals surface area (Å²) in [6.45, 7) is 1.94. The van der Waals surface area contributed by atoms with Crippen molar-refractivity contribution in [1.29, 1.82) is 0 Å². The van der Waals surface area contributed by atoms with Crippen LogP contribution in [0, 0.1) is 0 Å². The number of carbonyl (C=O) groups is 1. The quantitative estimate of drug-likeness (QED) is 0.566. The zero-order valence-electron chi connectivity index (χ0n) is 7.03. The summed E-state index contributed by atoms with van der Waals surface area (Å²) in [5, 5.41) is 0. The van der Waals surface area contributed by atoms with Gasteiger partial charge >= 0.3 is 0 Å². The van der Waals surface area contributed by atoms with Crippen molar-refractivity contribution in [2.24, 2.45) is 0 Å². The molecule has 0 aliphatic carbocycles. The molecule has 1 aliphatic rings. The Morgan fingerprint density at radius 1 is 1.33 bits per heavy atom. The normalized spacial score (nSPS) is 15.9. The largest absolute Gasteiger partial charge is 0.793 e. The average Bonchev–Trinajstić information content (AvgIpc) is 2.52. The molecular formula is C8H14NOPdS-. The summed E-state index contributed by atoms with van der Waals surface area (Å²) < 4.78 is 0. The molecule has 0 aromatic heterocycles. The molecule has 0 bridgehead atoms. The van der Waals surface area contributed by atoms with Crippen molar-refractivity contribution in [2.45, 2.75) is 25.7 Å². The Labute approximate surface area is 93.1 Å². The Bertz CT molecular complexity index is 137. The van der Waals surface area contributed by atoms with E-state index in [-0.39, 0.29) is 20.4 Å². The molecule has 2 nitrogen and oxygen atoms in total. The minimum atomic E-state index is 0. The van der Waals surface area contributed by atoms with E-state index in [1.54, 1.807) is 0 Å². The molecule has 1 aliphatic heterocycles. The van der Waals surface area contributed by atoms with Crippen molar-refractivity contribution < 1.29 is 25.2 Å². The first kappa shape index (κ1) is 12.5. The molecule has 4 heteroatoms. The monoisotopic (exact) mass is 278 g/mol. The standard InChI is InChI=1S/C8H15NOS.Pd/c10-8(4-3-7-11)9-5-1-2-6-9;/h11H,1-7H2;/p-1. The Kier molecular flexibility index (Phi) is 7.22. The molecule has 1 amide bonds. The van der Waals surface area contributed by atoms with Gasteiger partial charge in [0.05, 0.1) is 0 Å². The van der Waals surface area contributed by atoms with E-state index < -0.39 is 0 Å². The topological polar surface area (TPSA) is 20.3 Å². The zero-order valence-corrected chi connectivity index (χ0v) is 9.40. The first-order valence-corrected chi connectivity index (χ1v) is 4.78. The van der Waals surface area contributed by atoms with Crippen molar-refractivity contribution >= 4 is 18.5 Å². The first-order valence-electron chi connectivity index (χ1n) is 4.20. The molecule has 0 N–H and O–H groups in total. The van der Waals surface area contributed by atoms with Crippen LogP contribution in [0.25, 0.3) is 0 Å². The predicted octanol–water partition coefficient (Wildman–Crippen LogP) is 0.933. The van der Waals surface area contributed by atoms with Crippen LogP contribution in [0.2, 0.25) is 0 Å². The number of likely N-dealkylation sites (tertiary alicyclic amines) is 1. The first-order chi connectivity index (χ1) is 5.34. The smallest absolute Gasteiger partial charge is 0.222 e. The summed E-state index contributed by atoms with van der Waals surface area (Å²) in [5.41, 5.74) is 0. The molecule has 0 aromatic rings. The van der Waals surface area contributed by atoms with Crippen LogP contribution in [0.1, 0.15) is 25.7 Å². The van der Waals surface area contributed by atoms with Crippen LogP contribution in [-0.4, -0.2) is 29.6 Å². The van der Waals surface area contributed by atoms with Crippen LogP contribution in [0.4, 0.5) is 0 Å². The van der Waals surface area contributed by atoms with Gasteiger partial charge in [0, 0.05) is 39.9 Å². The van der Waals surface area contributed by atoms with Gasteiger partial charge in [-0.05, 0) is 12.8 Å². The minimum Gasteiger partial charge on any atom is -0.793 e. The molecule has 1 rings (SSSR count). The molecular weight excluding hydrogens is 265 g/mol. The van der Waals surface area contributed by atoms with Gasteiger partial charge in [0.2, 0.25) is 5.91 Å². The van der Waals surface area contributed by atoms with Crippen molar-refractivity contribution in [1.82, 2.24) is 4.90 Å². The van der Waals surface area contributed by atoms with Crippen molar-refractivity contribution in [3.63, 3.8) is 0 Å². The maximum absolute atomic E-state index is 11.3. The number of hydrogen-bond acceptors (Lipinski definition) is 2. The third-order valence-corrected chi connectivity index (χ3v) is 2.28. The van der Waals surface area contributed by atoms with Crippen LogP contribution in [0.15, 0.2) is 0 Å². The molecule has 74 valence electrons. The Balaban J connectivity index is 0.00000121. The second-order valence-corrected chi connectivity index (χ2v) is 3.30. The van der Waals surface area contributed by atoms with Crippen LogP contribution in [0.5, 0.6) is 0 Å². The molecule has 0 unspecified atom stereocenters. The van der Waals surface area contributed by atoms with Gasteiger partial charge in [-0.2, -0.15) is 5.75 Å². The van der Waals surface area contributed by atoms with Gasteiger partial charge in [0.25, 0.3) is 0 Å². The average molecular weight is 279 g/mol. The maximum atomic E-state index is 11.3. The second kappa shape index (κ2) is 6.94. The van der Waals surface area contributed by atoms with Gasteiger partial charge in [-0.1, -0.05) is 6.42 Å². The van der Waals surface area contributed by atoms with Crippen LogP contribution < -0.4 is 0 Å². The van der Waals surface area contributed by atoms with Gasteiger partial charge in [-0.3, -0.25) is 4.79 Å². The Morgan fingerprint density at radius 3 is 2.42 bits per heavy atom. The number of nitrogens with zero attached hydrogens (tertiary/aromatic N) is 1. The minimum absolute atomic E-state index is 0. The summed E-state index contributed by atoms with van der Waals surface area (Å²) in [7, 11) is 0. The molecule has 0 atom stereocenters. The summed E-state index contributed by atoms with van der Waals surface area (Å²) in [6.07, 6.45) is 3.88. The van der Waals surface area contributed by atoms with Crippen LogP contribution in [0.3, 0.4) is 0 Å². The SMILES string of the molecule is O=C(CCC[S-])N1CCCC1.[Pd]. The molecule has 1 fully saturated rings. The summed E-state index contributed by atoms with van der Waals surface area (Å²) in [6, 6.07) is 0. The summed E-state index contributed by atoms with van der Waals surface area (Å²) in [5.74, 6) is 1.01. The molecule has 0 radical (unpaired) electrons.